The van der Waals surface area contributed by atoms with Gasteiger partial charge >= 0.3 is 11.9 Å². The molecule has 2 saturated heterocycles. The lowest BCUT2D eigenvalue weighted by atomic mass is 9.89. The molecule has 1 amide bonds. The molecule has 5 N–H and O–H groups in total. The second kappa shape index (κ2) is 14.5. The van der Waals surface area contributed by atoms with Gasteiger partial charge in [-0.15, -0.1) is 11.3 Å². The first-order valence-corrected chi connectivity index (χ1v) is 19.4. The van der Waals surface area contributed by atoms with Crippen LogP contribution >= 0.6 is 22.9 Å². The molecule has 1 aromatic heterocycles. The number of carbonyl (C=O) groups is 3. The number of carboxylic acid groups (broad SMARTS) is 2. The Kier molecular flexibility index (Phi) is 10.5. The van der Waals surface area contributed by atoms with Crippen molar-refractivity contribution in [1.82, 2.24) is 9.62 Å². The predicted molar refractivity (Wildman–Crippen MR) is 193 cm³/mol. The summed E-state index contributed by atoms with van der Waals surface area (Å²) in [5, 5.41) is 28.6. The number of piperidine rings is 1. The Morgan fingerprint density at radius 3 is 2.44 bits per heavy atom. The molecule has 268 valence electrons. The average Bonchev–Trinajstić information content (AvgIpc) is 3.73. The average molecular weight is 745 g/mol. The summed E-state index contributed by atoms with van der Waals surface area (Å²) in [6, 6.07) is 14.3. The molecule has 12 nitrogen and oxygen atoms in total. The Bertz CT molecular complexity index is 1890. The highest BCUT2D eigenvalue weighted by Crippen LogP contribution is 2.46. The van der Waals surface area contributed by atoms with Gasteiger partial charge in [-0.2, -0.15) is 4.31 Å². The number of fused-ring (bicyclic) bond motifs is 1. The molecule has 2 aromatic carbocycles. The molecule has 3 fully saturated rings. The van der Waals surface area contributed by atoms with Crippen molar-refractivity contribution in [3.05, 3.63) is 64.0 Å². The molecule has 15 heteroatoms. The molecule has 50 heavy (non-hydrogen) atoms. The standard InChI is InChI=1S/C35H41ClN4O8S2/c1-35(2)15-27(38-26-8-4-6-21(14-26)31-29(36)30(48-18-28(41)42)32(49-31)34(44)45)9-10-40(35)50(46,47)19-20-5-3-7-25(11-20)39-33(43)22-12-23-16-37-17-24(23)13-22/h3-8,11,14,22-24,27,37-38H,9-10,12-13,15-19H2,1-2H3,(H,39,43)(H,41,42)(H,44,45)/t22?,23-,24+,27-/m0/s1. The third kappa shape index (κ3) is 7.94. The van der Waals surface area contributed by atoms with Gasteiger partial charge in [0, 0.05) is 35.4 Å². The summed E-state index contributed by atoms with van der Waals surface area (Å²) in [5.41, 5.74) is 1.88. The molecule has 4 atom stereocenters. The van der Waals surface area contributed by atoms with Crippen molar-refractivity contribution in [3.8, 4) is 16.2 Å². The van der Waals surface area contributed by atoms with Crippen LogP contribution in [0.15, 0.2) is 48.5 Å². The van der Waals surface area contributed by atoms with Gasteiger partial charge in [0.15, 0.2) is 17.2 Å². The van der Waals surface area contributed by atoms with Crippen LogP contribution in [0, 0.1) is 17.8 Å². The first kappa shape index (κ1) is 36.1. The topological polar surface area (TPSA) is 174 Å². The van der Waals surface area contributed by atoms with Crippen molar-refractivity contribution < 1.29 is 37.8 Å². The number of benzene rings is 2. The van der Waals surface area contributed by atoms with Crippen molar-refractivity contribution >= 4 is 62.2 Å². The van der Waals surface area contributed by atoms with E-state index in [4.69, 9.17) is 21.4 Å². The minimum atomic E-state index is -3.70. The Balaban J connectivity index is 1.09. The molecule has 0 bridgehead atoms. The normalized spacial score (nSPS) is 23.3. The molecule has 0 radical (unpaired) electrons. The molecule has 1 saturated carbocycles. The van der Waals surface area contributed by atoms with Crippen molar-refractivity contribution in [3.63, 3.8) is 0 Å². The number of nitrogens with one attached hydrogen (secondary N) is 3. The monoisotopic (exact) mass is 744 g/mol. The van der Waals surface area contributed by atoms with E-state index in [-0.39, 0.29) is 39.3 Å². The van der Waals surface area contributed by atoms with Gasteiger partial charge in [-0.3, -0.25) is 4.79 Å². The Labute approximate surface area is 300 Å². The van der Waals surface area contributed by atoms with E-state index >= 15 is 0 Å². The molecule has 1 unspecified atom stereocenters. The van der Waals surface area contributed by atoms with Crippen molar-refractivity contribution in [2.24, 2.45) is 17.8 Å². The summed E-state index contributed by atoms with van der Waals surface area (Å²) < 4.78 is 34.4. The van der Waals surface area contributed by atoms with E-state index in [1.54, 1.807) is 40.7 Å². The zero-order valence-electron chi connectivity index (χ0n) is 27.8. The summed E-state index contributed by atoms with van der Waals surface area (Å²) in [7, 11) is -3.70. The third-order valence-corrected chi connectivity index (χ3v) is 13.6. The van der Waals surface area contributed by atoms with Gasteiger partial charge in [0.25, 0.3) is 0 Å². The number of thiophene rings is 1. The molecule has 3 heterocycles. The van der Waals surface area contributed by atoms with Crippen molar-refractivity contribution in [2.75, 3.05) is 36.9 Å². The lowest BCUT2D eigenvalue weighted by molar-refractivity contribution is -0.139. The molecule has 2 aliphatic heterocycles. The Hall–Kier alpha value is -3.69. The number of anilines is 2. The summed E-state index contributed by atoms with van der Waals surface area (Å²) in [5.74, 6) is -1.82. The number of carbonyl (C=O) groups excluding carboxylic acids is 1. The van der Waals surface area contributed by atoms with Gasteiger partial charge < -0.3 is 30.9 Å². The summed E-state index contributed by atoms with van der Waals surface area (Å²) in [6.45, 7) is 5.34. The van der Waals surface area contributed by atoms with Crippen molar-refractivity contribution in [1.29, 1.82) is 0 Å². The van der Waals surface area contributed by atoms with Gasteiger partial charge in [0.1, 0.15) is 5.02 Å². The van der Waals surface area contributed by atoms with E-state index in [0.29, 0.717) is 52.9 Å². The second-order valence-corrected chi connectivity index (χ2v) is 17.3. The van der Waals surface area contributed by atoms with E-state index in [1.165, 1.54) is 0 Å². The first-order valence-electron chi connectivity index (χ1n) is 16.6. The zero-order chi connectivity index (χ0) is 35.8. The molecule has 3 aromatic rings. The van der Waals surface area contributed by atoms with E-state index in [9.17, 15) is 27.9 Å². The summed E-state index contributed by atoms with van der Waals surface area (Å²) in [6.07, 6.45) is 2.84. The molecular weight excluding hydrogens is 704 g/mol. The first-order chi connectivity index (χ1) is 23.7. The number of carboxylic acids is 2. The maximum atomic E-state index is 13.8. The number of halogens is 1. The lowest BCUT2D eigenvalue weighted by Crippen LogP contribution is -2.55. The van der Waals surface area contributed by atoms with Crippen LogP contribution in [-0.4, -0.2) is 78.6 Å². The van der Waals surface area contributed by atoms with Crippen LogP contribution in [0.4, 0.5) is 11.4 Å². The number of amides is 1. The number of sulfonamides is 1. The van der Waals surface area contributed by atoms with Gasteiger partial charge in [-0.1, -0.05) is 35.9 Å². The van der Waals surface area contributed by atoms with Crippen LogP contribution < -0.4 is 20.7 Å². The number of hydrogen-bond donors (Lipinski definition) is 5. The smallest absolute Gasteiger partial charge is 0.349 e. The van der Waals surface area contributed by atoms with Gasteiger partial charge in [-0.05, 0) is 99.8 Å². The predicted octanol–water partition coefficient (Wildman–Crippen LogP) is 5.60. The molecular formula is C35H41ClN4O8S2. The minimum Gasteiger partial charge on any atom is -0.479 e. The number of ether oxygens (including phenoxy) is 1. The fraction of sp³-hybridized carbons (Fsp3) is 0.457. The van der Waals surface area contributed by atoms with E-state index in [2.05, 4.69) is 16.0 Å². The van der Waals surface area contributed by atoms with Crippen LogP contribution in [0.3, 0.4) is 0 Å². The second-order valence-electron chi connectivity index (χ2n) is 14.0. The summed E-state index contributed by atoms with van der Waals surface area (Å²) in [4.78, 5) is 36.1. The van der Waals surface area contributed by atoms with Crippen LogP contribution in [-0.2, 0) is 25.4 Å². The van der Waals surface area contributed by atoms with Crippen LogP contribution in [0.5, 0.6) is 5.75 Å². The highest BCUT2D eigenvalue weighted by Gasteiger charge is 2.42. The summed E-state index contributed by atoms with van der Waals surface area (Å²) >= 11 is 7.39. The zero-order valence-corrected chi connectivity index (χ0v) is 30.2. The van der Waals surface area contributed by atoms with Gasteiger partial charge in [0.2, 0.25) is 15.9 Å². The van der Waals surface area contributed by atoms with Crippen LogP contribution in [0.2, 0.25) is 5.02 Å². The van der Waals surface area contributed by atoms with Gasteiger partial charge in [-0.25, -0.2) is 18.0 Å². The number of nitrogens with zero attached hydrogens (tertiary/aromatic N) is 1. The largest absolute Gasteiger partial charge is 0.479 e. The number of aliphatic carboxylic acids is 1. The SMILES string of the molecule is CC1(C)C[C@@H](Nc2cccc(-c3sc(C(=O)O)c(OCC(=O)O)c3Cl)c2)CCN1S(=O)(=O)Cc1cccc(NC(=O)C2C[C@H]3CNC[C@H]3C2)c1. The highest BCUT2D eigenvalue weighted by atomic mass is 35.5. The molecule has 6 rings (SSSR count). The van der Waals surface area contributed by atoms with Crippen LogP contribution in [0.25, 0.3) is 10.4 Å². The lowest BCUT2D eigenvalue weighted by Gasteiger charge is -2.45. The van der Waals surface area contributed by atoms with Gasteiger partial charge in [0.05, 0.1) is 10.6 Å². The number of hydrogen-bond acceptors (Lipinski definition) is 9. The molecule has 1 aliphatic carbocycles. The molecule has 3 aliphatic rings. The fourth-order valence-electron chi connectivity index (χ4n) is 7.64. The van der Waals surface area contributed by atoms with Crippen LogP contribution in [0.1, 0.15) is 54.8 Å². The third-order valence-electron chi connectivity index (χ3n) is 9.84. The van der Waals surface area contributed by atoms with Crippen molar-refractivity contribution in [2.45, 2.75) is 56.9 Å². The number of rotatable bonds is 12. The maximum absolute atomic E-state index is 13.8. The van der Waals surface area contributed by atoms with E-state index in [1.807, 2.05) is 26.0 Å². The van der Waals surface area contributed by atoms with E-state index in [0.717, 1.165) is 43.0 Å². The number of aromatic carboxylic acids is 1. The fourth-order valence-corrected chi connectivity index (χ4v) is 11.0. The molecule has 0 spiro atoms. The quantitative estimate of drug-likeness (QED) is 0.157. The Morgan fingerprint density at radius 2 is 1.76 bits per heavy atom. The van der Waals surface area contributed by atoms with E-state index < -0.39 is 34.1 Å². The minimum absolute atomic E-state index is 0.00125. The highest BCUT2D eigenvalue weighted by molar-refractivity contribution is 7.88. The Morgan fingerprint density at radius 1 is 1.06 bits per heavy atom. The maximum Gasteiger partial charge on any atom is 0.349 e.